The van der Waals surface area contributed by atoms with Gasteiger partial charge in [0.1, 0.15) is 6.61 Å². The van der Waals surface area contributed by atoms with Crippen molar-refractivity contribution >= 4 is 0 Å². The fourth-order valence-corrected chi connectivity index (χ4v) is 4.06. The third-order valence-electron chi connectivity index (χ3n) is 5.05. The van der Waals surface area contributed by atoms with Gasteiger partial charge in [-0.15, -0.1) is 0 Å². The molecule has 2 atom stereocenters. The molecule has 1 aromatic rings. The molecule has 1 saturated heterocycles. The molecule has 1 N–H and O–H groups in total. The quantitative estimate of drug-likeness (QED) is 0.843. The van der Waals surface area contributed by atoms with Crippen LogP contribution in [-0.4, -0.2) is 29.2 Å². The average Bonchev–Trinajstić information content (AvgIpc) is 2.54. The summed E-state index contributed by atoms with van der Waals surface area (Å²) in [7, 11) is 0. The molecule has 2 heteroatoms. The molecule has 3 rings (SSSR count). The summed E-state index contributed by atoms with van der Waals surface area (Å²) in [5.41, 5.74) is 2.38. The Labute approximate surface area is 128 Å². The van der Waals surface area contributed by atoms with Crippen LogP contribution in [0.1, 0.15) is 49.7 Å². The Balaban J connectivity index is 1.76. The van der Waals surface area contributed by atoms with E-state index in [1.54, 1.807) is 0 Å². The topological polar surface area (TPSA) is 23.5 Å². The smallest absolute Gasteiger partial charge is 0.104 e. The molecule has 0 amide bonds. The highest BCUT2D eigenvalue weighted by Crippen LogP contribution is 2.36. The van der Waals surface area contributed by atoms with E-state index in [2.05, 4.69) is 34.9 Å². The van der Waals surface area contributed by atoms with Crippen molar-refractivity contribution in [3.63, 3.8) is 0 Å². The Kier molecular flexibility index (Phi) is 4.95. The molecule has 1 heterocycles. The first-order valence-corrected chi connectivity index (χ1v) is 8.30. The predicted octanol–water partition coefficient (Wildman–Crippen LogP) is 3.19. The summed E-state index contributed by atoms with van der Waals surface area (Å²) in [5, 5.41) is 8.91. The number of fused-ring (bicyclic) bond motifs is 1. The van der Waals surface area contributed by atoms with Gasteiger partial charge < -0.3 is 5.11 Å². The van der Waals surface area contributed by atoms with Crippen LogP contribution in [0.4, 0.5) is 0 Å². The molecule has 0 bridgehead atoms. The largest absolute Gasteiger partial charge is 0.384 e. The van der Waals surface area contributed by atoms with Crippen molar-refractivity contribution in [3.05, 3.63) is 35.4 Å². The Morgan fingerprint density at radius 2 is 1.90 bits per heavy atom. The van der Waals surface area contributed by atoms with Crippen LogP contribution in [0, 0.1) is 17.8 Å². The minimum Gasteiger partial charge on any atom is -0.384 e. The SMILES string of the molecule is OCC#Cc1ccccc1CN1CCC[C@H]2CCCC[C@H]21. The molecule has 2 nitrogen and oxygen atoms in total. The Bertz CT molecular complexity index is 526. The maximum Gasteiger partial charge on any atom is 0.104 e. The first-order chi connectivity index (χ1) is 10.4. The minimum absolute atomic E-state index is 0.0667. The van der Waals surface area contributed by atoms with Crippen LogP contribution in [0.5, 0.6) is 0 Å². The maximum atomic E-state index is 8.91. The van der Waals surface area contributed by atoms with Crippen molar-refractivity contribution in [2.45, 2.75) is 51.1 Å². The highest BCUT2D eigenvalue weighted by molar-refractivity contribution is 5.41. The standard InChI is InChI=1S/C19H25NO/c21-14-6-11-16-7-1-2-9-18(16)15-20-13-5-10-17-8-3-4-12-19(17)20/h1-2,7,9,17,19,21H,3-5,8,10,12-15H2/t17-,19-/m1/s1. The second-order valence-electron chi connectivity index (χ2n) is 6.34. The zero-order chi connectivity index (χ0) is 14.5. The molecular weight excluding hydrogens is 258 g/mol. The summed E-state index contributed by atoms with van der Waals surface area (Å²) < 4.78 is 0. The van der Waals surface area contributed by atoms with Gasteiger partial charge in [-0.25, -0.2) is 0 Å². The summed E-state index contributed by atoms with van der Waals surface area (Å²) in [6.07, 6.45) is 8.37. The number of hydrogen-bond donors (Lipinski definition) is 1. The number of hydrogen-bond acceptors (Lipinski definition) is 2. The van der Waals surface area contributed by atoms with E-state index in [9.17, 15) is 0 Å². The zero-order valence-corrected chi connectivity index (χ0v) is 12.7. The van der Waals surface area contributed by atoms with Gasteiger partial charge in [0.05, 0.1) is 0 Å². The minimum atomic E-state index is -0.0667. The first kappa shape index (κ1) is 14.6. The lowest BCUT2D eigenvalue weighted by Crippen LogP contribution is -2.46. The summed E-state index contributed by atoms with van der Waals surface area (Å²) in [6, 6.07) is 9.17. The maximum absolute atomic E-state index is 8.91. The molecule has 0 aromatic heterocycles. The molecule has 1 aromatic carbocycles. The van der Waals surface area contributed by atoms with E-state index in [0.717, 1.165) is 24.1 Å². The van der Waals surface area contributed by atoms with Crippen molar-refractivity contribution in [1.29, 1.82) is 0 Å². The van der Waals surface area contributed by atoms with Gasteiger partial charge in [0, 0.05) is 18.2 Å². The lowest BCUT2D eigenvalue weighted by Gasteiger charge is -2.44. The zero-order valence-electron chi connectivity index (χ0n) is 12.7. The molecule has 1 aliphatic heterocycles. The van der Waals surface area contributed by atoms with E-state index < -0.39 is 0 Å². The number of piperidine rings is 1. The second-order valence-corrected chi connectivity index (χ2v) is 6.34. The fraction of sp³-hybridized carbons (Fsp3) is 0.579. The van der Waals surface area contributed by atoms with Crippen molar-refractivity contribution in [2.75, 3.05) is 13.2 Å². The molecule has 112 valence electrons. The van der Waals surface area contributed by atoms with Crippen LogP contribution in [0.2, 0.25) is 0 Å². The van der Waals surface area contributed by atoms with Gasteiger partial charge in [-0.05, 0) is 49.8 Å². The monoisotopic (exact) mass is 283 g/mol. The van der Waals surface area contributed by atoms with Crippen LogP contribution in [0.3, 0.4) is 0 Å². The van der Waals surface area contributed by atoms with Crippen LogP contribution in [0.25, 0.3) is 0 Å². The number of benzene rings is 1. The molecule has 0 spiro atoms. The number of nitrogens with zero attached hydrogens (tertiary/aromatic N) is 1. The molecule has 1 aliphatic carbocycles. The van der Waals surface area contributed by atoms with Crippen LogP contribution >= 0.6 is 0 Å². The molecule has 0 radical (unpaired) electrons. The lowest BCUT2D eigenvalue weighted by atomic mass is 9.78. The van der Waals surface area contributed by atoms with Gasteiger partial charge in [-0.1, -0.05) is 42.9 Å². The normalized spacial score (nSPS) is 25.8. The van der Waals surface area contributed by atoms with Gasteiger partial charge in [-0.2, -0.15) is 0 Å². The van der Waals surface area contributed by atoms with Gasteiger partial charge in [0.25, 0.3) is 0 Å². The van der Waals surface area contributed by atoms with Crippen LogP contribution in [-0.2, 0) is 6.54 Å². The van der Waals surface area contributed by atoms with Gasteiger partial charge in [-0.3, -0.25) is 4.90 Å². The summed E-state index contributed by atoms with van der Waals surface area (Å²) in [5.74, 6) is 6.80. The molecular formula is C19H25NO. The number of rotatable bonds is 2. The lowest BCUT2D eigenvalue weighted by molar-refractivity contribution is 0.0546. The van der Waals surface area contributed by atoms with Gasteiger partial charge in [0.15, 0.2) is 0 Å². The fourth-order valence-electron chi connectivity index (χ4n) is 4.06. The molecule has 2 fully saturated rings. The van der Waals surface area contributed by atoms with Crippen LogP contribution < -0.4 is 0 Å². The summed E-state index contributed by atoms with van der Waals surface area (Å²) in [6.45, 7) is 2.17. The van der Waals surface area contributed by atoms with Gasteiger partial charge in [0.2, 0.25) is 0 Å². The number of aliphatic hydroxyl groups is 1. The van der Waals surface area contributed by atoms with Crippen LogP contribution in [0.15, 0.2) is 24.3 Å². The van der Waals surface area contributed by atoms with E-state index in [-0.39, 0.29) is 6.61 Å². The molecule has 0 unspecified atom stereocenters. The van der Waals surface area contributed by atoms with E-state index in [1.165, 1.54) is 50.6 Å². The molecule has 1 saturated carbocycles. The average molecular weight is 283 g/mol. The summed E-state index contributed by atoms with van der Waals surface area (Å²) in [4.78, 5) is 2.69. The molecule has 21 heavy (non-hydrogen) atoms. The van der Waals surface area contributed by atoms with E-state index >= 15 is 0 Å². The second kappa shape index (κ2) is 7.11. The first-order valence-electron chi connectivity index (χ1n) is 8.30. The Hall–Kier alpha value is -1.30. The molecule has 2 aliphatic rings. The third kappa shape index (κ3) is 3.48. The van der Waals surface area contributed by atoms with Gasteiger partial charge >= 0.3 is 0 Å². The van der Waals surface area contributed by atoms with Crippen molar-refractivity contribution in [1.82, 2.24) is 4.90 Å². The van der Waals surface area contributed by atoms with E-state index in [4.69, 9.17) is 5.11 Å². The van der Waals surface area contributed by atoms with E-state index in [0.29, 0.717) is 0 Å². The van der Waals surface area contributed by atoms with E-state index in [1.807, 2.05) is 6.07 Å². The van der Waals surface area contributed by atoms with Crippen molar-refractivity contribution in [2.24, 2.45) is 5.92 Å². The third-order valence-corrected chi connectivity index (χ3v) is 5.05. The van der Waals surface area contributed by atoms with Crippen molar-refractivity contribution < 1.29 is 5.11 Å². The Morgan fingerprint density at radius 1 is 1.10 bits per heavy atom. The highest BCUT2D eigenvalue weighted by Gasteiger charge is 2.33. The number of aliphatic hydroxyl groups excluding tert-OH is 1. The van der Waals surface area contributed by atoms with Crippen molar-refractivity contribution in [3.8, 4) is 11.8 Å². The summed E-state index contributed by atoms with van der Waals surface area (Å²) >= 11 is 0. The number of likely N-dealkylation sites (tertiary alicyclic amines) is 1. The predicted molar refractivity (Wildman–Crippen MR) is 85.8 cm³/mol. The highest BCUT2D eigenvalue weighted by atomic mass is 16.2. The Morgan fingerprint density at radius 3 is 2.81 bits per heavy atom.